The van der Waals surface area contributed by atoms with Crippen LogP contribution in [0.5, 0.6) is 0 Å². The second kappa shape index (κ2) is 8.97. The lowest BCUT2D eigenvalue weighted by Gasteiger charge is -2.26. The van der Waals surface area contributed by atoms with E-state index in [-0.39, 0.29) is 17.0 Å². The molecule has 7 nitrogen and oxygen atoms in total. The average Bonchev–Trinajstić information content (AvgIpc) is 2.76. The van der Waals surface area contributed by atoms with Gasteiger partial charge < -0.3 is 10.8 Å². The van der Waals surface area contributed by atoms with E-state index in [0.29, 0.717) is 31.5 Å². The van der Waals surface area contributed by atoms with Crippen LogP contribution in [0.2, 0.25) is 0 Å². The topological polar surface area (TPSA) is 118 Å². The fraction of sp³-hybridized carbons (Fsp3) is 0.333. The molecule has 1 saturated carbocycles. The van der Waals surface area contributed by atoms with Crippen molar-refractivity contribution in [2.75, 3.05) is 5.73 Å². The van der Waals surface area contributed by atoms with Gasteiger partial charge in [0.15, 0.2) is 0 Å². The van der Waals surface area contributed by atoms with Gasteiger partial charge in [-0.25, -0.2) is 18.1 Å². The molecule has 2 aromatic heterocycles. The minimum atomic E-state index is -3.69. The number of rotatable bonds is 5. The molecule has 0 amide bonds. The van der Waals surface area contributed by atoms with Crippen LogP contribution in [0.3, 0.4) is 0 Å². The Balaban J connectivity index is 1.68. The summed E-state index contributed by atoms with van der Waals surface area (Å²) in [5, 5.41) is 9.68. The number of aryl methyl sites for hydroxylation is 2. The quantitative estimate of drug-likeness (QED) is 0.544. The van der Waals surface area contributed by atoms with E-state index >= 15 is 0 Å². The number of nitrogens with one attached hydrogen (secondary N) is 1. The van der Waals surface area contributed by atoms with Crippen LogP contribution in [-0.2, 0) is 10.0 Å². The highest BCUT2D eigenvalue weighted by molar-refractivity contribution is 7.89. The number of pyridine rings is 2. The molecular weight excluding hydrogens is 424 g/mol. The van der Waals surface area contributed by atoms with Crippen molar-refractivity contribution in [3.05, 3.63) is 60.0 Å². The van der Waals surface area contributed by atoms with Crippen molar-refractivity contribution in [3.63, 3.8) is 0 Å². The molecule has 4 N–H and O–H groups in total. The number of nitrogen functional groups attached to an aromatic ring is 1. The summed E-state index contributed by atoms with van der Waals surface area (Å²) in [5.74, 6) is 0.405. The molecule has 8 heteroatoms. The predicted octanol–water partition coefficient (Wildman–Crippen LogP) is 3.59. The standard InChI is InChI=1S/C24H28N4O3S/c1-15-3-8-21(32(30,31)28-19-4-6-20(29)7-5-19)13-22(15)18-12-23(24(25)27-14-18)17-9-10-26-16(2)11-17/h3,8-14,19-20,28-29H,4-7H2,1-2H3,(H2,25,27). The third-order valence-corrected chi connectivity index (χ3v) is 7.49. The molecular formula is C24H28N4O3S. The Morgan fingerprint density at radius 3 is 2.44 bits per heavy atom. The van der Waals surface area contributed by atoms with Crippen LogP contribution >= 0.6 is 0 Å². The van der Waals surface area contributed by atoms with Gasteiger partial charge in [-0.3, -0.25) is 4.98 Å². The van der Waals surface area contributed by atoms with Gasteiger partial charge in [0.1, 0.15) is 5.82 Å². The van der Waals surface area contributed by atoms with Crippen LogP contribution in [0.25, 0.3) is 22.3 Å². The second-order valence-electron chi connectivity index (χ2n) is 8.45. The lowest BCUT2D eigenvalue weighted by molar-refractivity contribution is 0.120. The van der Waals surface area contributed by atoms with Gasteiger partial charge in [0.05, 0.1) is 11.0 Å². The van der Waals surface area contributed by atoms with Crippen LogP contribution < -0.4 is 10.5 Å². The smallest absolute Gasteiger partial charge is 0.240 e. The van der Waals surface area contributed by atoms with Crippen LogP contribution in [0.15, 0.2) is 53.7 Å². The summed E-state index contributed by atoms with van der Waals surface area (Å²) in [7, 11) is -3.69. The maximum Gasteiger partial charge on any atom is 0.240 e. The predicted molar refractivity (Wildman–Crippen MR) is 125 cm³/mol. The summed E-state index contributed by atoms with van der Waals surface area (Å²) in [6.45, 7) is 3.85. The zero-order chi connectivity index (χ0) is 22.9. The molecule has 0 spiro atoms. The minimum Gasteiger partial charge on any atom is -0.393 e. The van der Waals surface area contributed by atoms with Crippen molar-refractivity contribution in [1.82, 2.24) is 14.7 Å². The van der Waals surface area contributed by atoms with Crippen molar-refractivity contribution < 1.29 is 13.5 Å². The van der Waals surface area contributed by atoms with Gasteiger partial charge in [-0.2, -0.15) is 0 Å². The first-order valence-corrected chi connectivity index (χ1v) is 12.2. The third-order valence-electron chi connectivity index (χ3n) is 5.98. The molecule has 0 saturated heterocycles. The molecule has 32 heavy (non-hydrogen) atoms. The van der Waals surface area contributed by atoms with E-state index in [0.717, 1.165) is 33.5 Å². The van der Waals surface area contributed by atoms with Gasteiger partial charge in [-0.15, -0.1) is 0 Å². The third kappa shape index (κ3) is 4.82. The van der Waals surface area contributed by atoms with Crippen LogP contribution in [0.4, 0.5) is 5.82 Å². The number of benzene rings is 1. The van der Waals surface area contributed by atoms with Crippen LogP contribution in [0, 0.1) is 13.8 Å². The maximum absolute atomic E-state index is 13.0. The second-order valence-corrected chi connectivity index (χ2v) is 10.2. The number of sulfonamides is 1. The molecule has 1 fully saturated rings. The van der Waals surface area contributed by atoms with E-state index < -0.39 is 10.0 Å². The van der Waals surface area contributed by atoms with Gasteiger partial charge >= 0.3 is 0 Å². The van der Waals surface area contributed by atoms with Gasteiger partial charge in [0, 0.05) is 35.3 Å². The van der Waals surface area contributed by atoms with Crippen molar-refractivity contribution in [1.29, 1.82) is 0 Å². The first-order chi connectivity index (χ1) is 15.2. The largest absolute Gasteiger partial charge is 0.393 e. The monoisotopic (exact) mass is 452 g/mol. The Labute approximate surface area is 188 Å². The van der Waals surface area contributed by atoms with Crippen LogP contribution in [-0.4, -0.2) is 35.6 Å². The fourth-order valence-corrected chi connectivity index (χ4v) is 5.46. The van der Waals surface area contributed by atoms with Crippen molar-refractivity contribution >= 4 is 15.8 Å². The molecule has 0 atom stereocenters. The Morgan fingerprint density at radius 1 is 0.969 bits per heavy atom. The number of aliphatic hydroxyl groups excluding tert-OH is 1. The van der Waals surface area contributed by atoms with Crippen molar-refractivity contribution in [3.8, 4) is 22.3 Å². The summed E-state index contributed by atoms with van der Waals surface area (Å²) < 4.78 is 28.9. The number of aromatic nitrogens is 2. The molecule has 4 rings (SSSR count). The van der Waals surface area contributed by atoms with Gasteiger partial charge in [-0.05, 0) is 86.6 Å². The van der Waals surface area contributed by atoms with E-state index in [2.05, 4.69) is 14.7 Å². The van der Waals surface area contributed by atoms with E-state index in [4.69, 9.17) is 5.73 Å². The molecule has 2 heterocycles. The highest BCUT2D eigenvalue weighted by Gasteiger charge is 2.25. The van der Waals surface area contributed by atoms with E-state index in [9.17, 15) is 13.5 Å². The molecule has 3 aromatic rings. The molecule has 168 valence electrons. The number of hydrogen-bond acceptors (Lipinski definition) is 6. The number of aliphatic hydroxyl groups is 1. The highest BCUT2D eigenvalue weighted by Crippen LogP contribution is 2.32. The van der Waals surface area contributed by atoms with Gasteiger partial charge in [0.2, 0.25) is 10.0 Å². The van der Waals surface area contributed by atoms with Gasteiger partial charge in [0.25, 0.3) is 0 Å². The molecule has 0 unspecified atom stereocenters. The highest BCUT2D eigenvalue weighted by atomic mass is 32.2. The number of nitrogens with zero attached hydrogens (tertiary/aromatic N) is 2. The number of anilines is 1. The summed E-state index contributed by atoms with van der Waals surface area (Å²) >= 11 is 0. The average molecular weight is 453 g/mol. The summed E-state index contributed by atoms with van der Waals surface area (Å²) in [4.78, 5) is 8.81. The van der Waals surface area contributed by atoms with E-state index in [1.807, 2.05) is 32.0 Å². The first-order valence-electron chi connectivity index (χ1n) is 10.7. The number of hydrogen-bond donors (Lipinski definition) is 3. The lowest BCUT2D eigenvalue weighted by Crippen LogP contribution is -2.38. The Kier molecular flexibility index (Phi) is 6.28. The summed E-state index contributed by atoms with van der Waals surface area (Å²) in [5.41, 5.74) is 11.2. The first kappa shape index (κ1) is 22.4. The SMILES string of the molecule is Cc1cc(-c2cc(-c3cc(S(=O)(=O)NC4CCC(O)CC4)ccc3C)cnc2N)ccn1. The van der Waals surface area contributed by atoms with Crippen molar-refractivity contribution in [2.45, 2.75) is 56.6 Å². The molecule has 1 aromatic carbocycles. The molecule has 1 aliphatic carbocycles. The number of nitrogens with two attached hydrogens (primary N) is 1. The van der Waals surface area contributed by atoms with E-state index in [1.54, 1.807) is 30.6 Å². The summed E-state index contributed by atoms with van der Waals surface area (Å²) in [6.07, 6.45) is 5.55. The zero-order valence-electron chi connectivity index (χ0n) is 18.2. The Bertz CT molecular complexity index is 1240. The van der Waals surface area contributed by atoms with E-state index in [1.165, 1.54) is 0 Å². The molecule has 0 bridgehead atoms. The molecule has 0 aliphatic heterocycles. The lowest BCUT2D eigenvalue weighted by atomic mass is 9.94. The van der Waals surface area contributed by atoms with Gasteiger partial charge in [-0.1, -0.05) is 6.07 Å². The minimum absolute atomic E-state index is 0.159. The maximum atomic E-state index is 13.0. The van der Waals surface area contributed by atoms with Crippen molar-refractivity contribution in [2.24, 2.45) is 0 Å². The zero-order valence-corrected chi connectivity index (χ0v) is 19.1. The molecule has 0 radical (unpaired) electrons. The Hall–Kier alpha value is -2.81. The van der Waals surface area contributed by atoms with Crippen LogP contribution in [0.1, 0.15) is 36.9 Å². The normalized spacial score (nSPS) is 19.1. The fourth-order valence-electron chi connectivity index (χ4n) is 4.13. The Morgan fingerprint density at radius 2 is 1.72 bits per heavy atom. The summed E-state index contributed by atoms with van der Waals surface area (Å²) in [6, 6.07) is 10.7. The molecule has 1 aliphatic rings.